The molecule has 0 saturated carbocycles. The standard InChI is InChI=1S/C11H18Cl3N3/c1-3-5-6-7-8-17-9(4-2)10(15-16-17)11(12,13)14/h3-8H2,1-2H3. The molecule has 0 spiro atoms. The van der Waals surface area contributed by atoms with E-state index >= 15 is 0 Å². The van der Waals surface area contributed by atoms with Crippen LogP contribution in [0.3, 0.4) is 0 Å². The second-order valence-corrected chi connectivity index (χ2v) is 6.30. The predicted octanol–water partition coefficient (Wildman–Crippen LogP) is 4.25. The van der Waals surface area contributed by atoms with E-state index in [1.165, 1.54) is 19.3 Å². The molecule has 1 rings (SSSR count). The Labute approximate surface area is 117 Å². The van der Waals surface area contributed by atoms with Crippen LogP contribution >= 0.6 is 34.8 Å². The Morgan fingerprint density at radius 2 is 1.82 bits per heavy atom. The van der Waals surface area contributed by atoms with Crippen LogP contribution in [0.15, 0.2) is 0 Å². The maximum atomic E-state index is 5.85. The lowest BCUT2D eigenvalue weighted by atomic mass is 10.2. The molecule has 1 heterocycles. The summed E-state index contributed by atoms with van der Waals surface area (Å²) in [7, 11) is 0. The van der Waals surface area contributed by atoms with Gasteiger partial charge in [0, 0.05) is 6.54 Å². The fraction of sp³-hybridized carbons (Fsp3) is 0.818. The molecule has 0 aliphatic heterocycles. The van der Waals surface area contributed by atoms with Crippen LogP contribution in [0.5, 0.6) is 0 Å². The summed E-state index contributed by atoms with van der Waals surface area (Å²) in [6.07, 6.45) is 5.51. The van der Waals surface area contributed by atoms with Crippen molar-refractivity contribution in [1.82, 2.24) is 15.0 Å². The number of unbranched alkanes of at least 4 members (excludes halogenated alkanes) is 3. The molecule has 0 aliphatic rings. The van der Waals surface area contributed by atoms with Gasteiger partial charge < -0.3 is 0 Å². The van der Waals surface area contributed by atoms with Crippen LogP contribution in [0.4, 0.5) is 0 Å². The third kappa shape index (κ3) is 4.31. The van der Waals surface area contributed by atoms with E-state index in [0.29, 0.717) is 5.69 Å². The molecule has 0 fully saturated rings. The number of hydrogen-bond donors (Lipinski definition) is 0. The Bertz CT molecular complexity index is 344. The van der Waals surface area contributed by atoms with Gasteiger partial charge in [-0.25, -0.2) is 4.68 Å². The van der Waals surface area contributed by atoms with E-state index < -0.39 is 3.79 Å². The molecular formula is C11H18Cl3N3. The van der Waals surface area contributed by atoms with Gasteiger partial charge in [-0.2, -0.15) is 0 Å². The molecule has 0 aliphatic carbocycles. The molecular weight excluding hydrogens is 281 g/mol. The molecule has 1 aromatic heterocycles. The lowest BCUT2D eigenvalue weighted by Gasteiger charge is -2.10. The van der Waals surface area contributed by atoms with Crippen molar-refractivity contribution in [1.29, 1.82) is 0 Å². The van der Waals surface area contributed by atoms with Gasteiger partial charge in [-0.05, 0) is 12.8 Å². The summed E-state index contributed by atoms with van der Waals surface area (Å²) in [6.45, 7) is 5.05. The first kappa shape index (κ1) is 15.1. The zero-order valence-electron chi connectivity index (χ0n) is 10.2. The number of hydrogen-bond acceptors (Lipinski definition) is 2. The van der Waals surface area contributed by atoms with E-state index in [2.05, 4.69) is 17.2 Å². The van der Waals surface area contributed by atoms with Crippen molar-refractivity contribution in [3.8, 4) is 0 Å². The molecule has 6 heteroatoms. The zero-order valence-corrected chi connectivity index (χ0v) is 12.5. The largest absolute Gasteiger partial charge is 0.249 e. The number of aromatic nitrogens is 3. The van der Waals surface area contributed by atoms with Crippen LogP contribution in [0.2, 0.25) is 0 Å². The third-order valence-corrected chi connectivity index (χ3v) is 3.20. The third-order valence-electron chi connectivity index (χ3n) is 2.66. The molecule has 0 aromatic carbocycles. The summed E-state index contributed by atoms with van der Waals surface area (Å²) < 4.78 is 0.375. The Hall–Kier alpha value is 0.01000. The SMILES string of the molecule is CCCCCCn1nnc(C(Cl)(Cl)Cl)c1CC. The summed E-state index contributed by atoms with van der Waals surface area (Å²) in [6, 6.07) is 0. The van der Waals surface area contributed by atoms with Gasteiger partial charge in [-0.15, -0.1) is 5.10 Å². The monoisotopic (exact) mass is 297 g/mol. The zero-order chi connectivity index (χ0) is 12.9. The average Bonchev–Trinajstić information content (AvgIpc) is 2.67. The van der Waals surface area contributed by atoms with Crippen LogP contribution in [0.1, 0.15) is 50.9 Å². The fourth-order valence-corrected chi connectivity index (χ4v) is 2.21. The van der Waals surface area contributed by atoms with E-state index in [0.717, 1.165) is 25.1 Å². The van der Waals surface area contributed by atoms with Crippen molar-refractivity contribution in [3.05, 3.63) is 11.4 Å². The topological polar surface area (TPSA) is 30.7 Å². The van der Waals surface area contributed by atoms with Gasteiger partial charge >= 0.3 is 0 Å². The summed E-state index contributed by atoms with van der Waals surface area (Å²) in [5.74, 6) is 0. The van der Waals surface area contributed by atoms with Crippen molar-refractivity contribution in [2.24, 2.45) is 0 Å². The highest BCUT2D eigenvalue weighted by Gasteiger charge is 2.30. The Kier molecular flexibility index (Phi) is 6.04. The minimum absolute atomic E-state index is 0.459. The maximum Gasteiger partial charge on any atom is 0.236 e. The summed E-state index contributed by atoms with van der Waals surface area (Å²) in [4.78, 5) is 0. The Morgan fingerprint density at radius 3 is 2.35 bits per heavy atom. The van der Waals surface area contributed by atoms with Crippen molar-refractivity contribution in [3.63, 3.8) is 0 Å². The Morgan fingerprint density at radius 1 is 1.12 bits per heavy atom. The highest BCUT2D eigenvalue weighted by atomic mass is 35.6. The number of aryl methyl sites for hydroxylation is 1. The maximum absolute atomic E-state index is 5.85. The van der Waals surface area contributed by atoms with Crippen LogP contribution < -0.4 is 0 Å². The minimum Gasteiger partial charge on any atom is -0.249 e. The molecule has 17 heavy (non-hydrogen) atoms. The molecule has 98 valence electrons. The number of alkyl halides is 3. The summed E-state index contributed by atoms with van der Waals surface area (Å²) in [5.41, 5.74) is 1.38. The molecule has 3 nitrogen and oxygen atoms in total. The van der Waals surface area contributed by atoms with Crippen LogP contribution in [0, 0.1) is 0 Å². The highest BCUT2D eigenvalue weighted by molar-refractivity contribution is 6.66. The first-order chi connectivity index (χ1) is 8.00. The quantitative estimate of drug-likeness (QED) is 0.581. The number of halogens is 3. The van der Waals surface area contributed by atoms with Gasteiger partial charge in [-0.3, -0.25) is 0 Å². The fourth-order valence-electron chi connectivity index (χ4n) is 1.77. The molecule has 0 radical (unpaired) electrons. The average molecular weight is 299 g/mol. The van der Waals surface area contributed by atoms with Crippen LogP contribution in [0.25, 0.3) is 0 Å². The van der Waals surface area contributed by atoms with Crippen molar-refractivity contribution < 1.29 is 0 Å². The molecule has 1 aromatic rings. The van der Waals surface area contributed by atoms with Crippen LogP contribution in [-0.2, 0) is 16.8 Å². The van der Waals surface area contributed by atoms with Crippen molar-refractivity contribution in [2.75, 3.05) is 0 Å². The van der Waals surface area contributed by atoms with E-state index in [4.69, 9.17) is 34.8 Å². The summed E-state index contributed by atoms with van der Waals surface area (Å²) >= 11 is 17.6. The first-order valence-electron chi connectivity index (χ1n) is 6.00. The second kappa shape index (κ2) is 6.81. The van der Waals surface area contributed by atoms with Crippen molar-refractivity contribution >= 4 is 34.8 Å². The van der Waals surface area contributed by atoms with Gasteiger partial charge in [-0.1, -0.05) is 73.1 Å². The molecule has 0 N–H and O–H groups in total. The van der Waals surface area contributed by atoms with Crippen molar-refractivity contribution in [2.45, 2.75) is 56.3 Å². The lowest BCUT2D eigenvalue weighted by molar-refractivity contribution is 0.513. The van der Waals surface area contributed by atoms with Gasteiger partial charge in [0.15, 0.2) is 0 Å². The molecule has 0 amide bonds. The van der Waals surface area contributed by atoms with E-state index in [1.807, 2.05) is 11.6 Å². The molecule has 0 bridgehead atoms. The van der Waals surface area contributed by atoms with Gasteiger partial charge in [0.05, 0.1) is 5.69 Å². The Balaban J connectivity index is 2.70. The molecule has 0 unspecified atom stereocenters. The van der Waals surface area contributed by atoms with E-state index in [1.54, 1.807) is 0 Å². The smallest absolute Gasteiger partial charge is 0.236 e. The first-order valence-corrected chi connectivity index (χ1v) is 7.13. The highest BCUT2D eigenvalue weighted by Crippen LogP contribution is 2.38. The van der Waals surface area contributed by atoms with E-state index in [-0.39, 0.29) is 0 Å². The predicted molar refractivity (Wildman–Crippen MR) is 72.8 cm³/mol. The van der Waals surface area contributed by atoms with Gasteiger partial charge in [0.2, 0.25) is 3.79 Å². The lowest BCUT2D eigenvalue weighted by Crippen LogP contribution is -2.09. The number of rotatable bonds is 6. The summed E-state index contributed by atoms with van der Waals surface area (Å²) in [5, 5.41) is 8.04. The van der Waals surface area contributed by atoms with Gasteiger partial charge in [0.1, 0.15) is 5.69 Å². The van der Waals surface area contributed by atoms with E-state index in [9.17, 15) is 0 Å². The molecule has 0 saturated heterocycles. The second-order valence-electron chi connectivity index (χ2n) is 4.02. The number of nitrogens with zero attached hydrogens (tertiary/aromatic N) is 3. The minimum atomic E-state index is -1.48. The normalized spacial score (nSPS) is 12.1. The molecule has 0 atom stereocenters. The van der Waals surface area contributed by atoms with Crippen LogP contribution in [-0.4, -0.2) is 15.0 Å². The van der Waals surface area contributed by atoms with Gasteiger partial charge in [0.25, 0.3) is 0 Å².